The number of pyridine rings is 1. The number of amides is 1. The lowest BCUT2D eigenvalue weighted by Gasteiger charge is -2.26. The number of nitrogens with two attached hydrogens (primary N) is 1. The van der Waals surface area contributed by atoms with Crippen LogP contribution in [0.25, 0.3) is 21.6 Å². The number of benzene rings is 1. The molecule has 0 saturated heterocycles. The molecule has 2 heterocycles. The van der Waals surface area contributed by atoms with E-state index in [1.165, 1.54) is 11.3 Å². The summed E-state index contributed by atoms with van der Waals surface area (Å²) in [5, 5.41) is 0.958. The van der Waals surface area contributed by atoms with Crippen molar-refractivity contribution in [3.8, 4) is 21.6 Å². The Kier molecular flexibility index (Phi) is 8.75. The zero-order chi connectivity index (χ0) is 28.4. The average molecular weight is 572 g/mol. The monoisotopic (exact) mass is 571 g/mol. The highest BCUT2D eigenvalue weighted by molar-refractivity contribution is 7.89. The highest BCUT2D eigenvalue weighted by Gasteiger charge is 2.29. The molecule has 0 spiro atoms. The second kappa shape index (κ2) is 11.7. The molecule has 0 atom stereocenters. The van der Waals surface area contributed by atoms with Crippen LogP contribution in [0.5, 0.6) is 0 Å². The first-order valence-electron chi connectivity index (χ1n) is 13.0. The first kappa shape index (κ1) is 29.1. The molecular weight excluding hydrogens is 534 g/mol. The quantitative estimate of drug-likeness (QED) is 0.384. The molecule has 2 aromatic heterocycles. The van der Waals surface area contributed by atoms with Gasteiger partial charge in [-0.25, -0.2) is 22.9 Å². The Morgan fingerprint density at radius 3 is 2.46 bits per heavy atom. The van der Waals surface area contributed by atoms with E-state index in [1.54, 1.807) is 18.5 Å². The van der Waals surface area contributed by atoms with Crippen LogP contribution in [0.1, 0.15) is 62.9 Å². The lowest BCUT2D eigenvalue weighted by atomic mass is 9.88. The highest BCUT2D eigenvalue weighted by atomic mass is 32.2. The van der Waals surface area contributed by atoms with Gasteiger partial charge in [-0.15, -0.1) is 11.3 Å². The zero-order valence-corrected chi connectivity index (χ0v) is 24.7. The molecule has 1 aromatic carbocycles. The minimum atomic E-state index is -3.85. The minimum Gasteiger partial charge on any atom is -0.446 e. The molecule has 0 aliphatic heterocycles. The Morgan fingerprint density at radius 2 is 1.82 bits per heavy atom. The fourth-order valence-electron chi connectivity index (χ4n) is 4.88. The number of sulfonamides is 1. The molecule has 1 saturated carbocycles. The van der Waals surface area contributed by atoms with Gasteiger partial charge in [-0.05, 0) is 83.8 Å². The van der Waals surface area contributed by atoms with Gasteiger partial charge >= 0.3 is 6.09 Å². The molecule has 1 amide bonds. The largest absolute Gasteiger partial charge is 0.446 e. The first-order valence-corrected chi connectivity index (χ1v) is 15.3. The Bertz CT molecular complexity index is 1420. The molecule has 39 heavy (non-hydrogen) atoms. The van der Waals surface area contributed by atoms with Crippen LogP contribution in [0.2, 0.25) is 0 Å². The molecule has 210 valence electrons. The van der Waals surface area contributed by atoms with Crippen LogP contribution in [-0.4, -0.2) is 55.1 Å². The Hall–Kier alpha value is -2.86. The second-order valence-electron chi connectivity index (χ2n) is 11.4. The summed E-state index contributed by atoms with van der Waals surface area (Å²) in [4.78, 5) is 23.2. The van der Waals surface area contributed by atoms with Crippen molar-refractivity contribution in [2.24, 2.45) is 5.73 Å². The summed E-state index contributed by atoms with van der Waals surface area (Å²) in [6.07, 6.45) is 7.56. The maximum atomic E-state index is 13.7. The van der Waals surface area contributed by atoms with Crippen LogP contribution in [0, 0.1) is 0 Å². The third kappa shape index (κ3) is 7.63. The van der Waals surface area contributed by atoms with E-state index in [4.69, 9.17) is 10.5 Å². The summed E-state index contributed by atoms with van der Waals surface area (Å²) in [5.41, 5.74) is 7.81. The van der Waals surface area contributed by atoms with Gasteiger partial charge in [0.1, 0.15) is 6.10 Å². The summed E-state index contributed by atoms with van der Waals surface area (Å²) in [7, 11) is 0.138. The van der Waals surface area contributed by atoms with Gasteiger partial charge in [0.15, 0.2) is 0 Å². The number of carbonyl (C=O) groups is 1. The summed E-state index contributed by atoms with van der Waals surface area (Å²) in [6, 6.07) is 7.57. The van der Waals surface area contributed by atoms with Gasteiger partial charge < -0.3 is 15.4 Å². The molecular formula is C28H37N5O4S2. The van der Waals surface area contributed by atoms with Gasteiger partial charge in [0, 0.05) is 47.7 Å². The second-order valence-corrected chi connectivity index (χ2v) is 14.1. The fourth-order valence-corrected chi connectivity index (χ4v) is 7.73. The molecule has 0 bridgehead atoms. The summed E-state index contributed by atoms with van der Waals surface area (Å²) < 4.78 is 35.3. The van der Waals surface area contributed by atoms with Crippen molar-refractivity contribution in [1.82, 2.24) is 19.6 Å². The van der Waals surface area contributed by atoms with Crippen LogP contribution in [-0.2, 0) is 21.3 Å². The van der Waals surface area contributed by atoms with E-state index >= 15 is 0 Å². The smallest absolute Gasteiger partial charge is 0.404 e. The number of hydrogen-bond acceptors (Lipinski definition) is 8. The molecule has 0 radical (unpaired) electrons. The number of ether oxygens (including phenoxy) is 1. The third-order valence-corrected chi connectivity index (χ3v) is 9.43. The van der Waals surface area contributed by atoms with Crippen LogP contribution in [0.3, 0.4) is 0 Å². The van der Waals surface area contributed by atoms with Crippen molar-refractivity contribution in [2.45, 2.75) is 75.5 Å². The number of primary amides is 1. The van der Waals surface area contributed by atoms with Crippen LogP contribution < -0.4 is 10.5 Å². The summed E-state index contributed by atoms with van der Waals surface area (Å²) in [6.45, 7) is 6.21. The van der Waals surface area contributed by atoms with Gasteiger partial charge in [-0.3, -0.25) is 4.98 Å². The van der Waals surface area contributed by atoms with Gasteiger partial charge in [-0.1, -0.05) is 12.1 Å². The molecule has 1 aliphatic rings. The van der Waals surface area contributed by atoms with Crippen molar-refractivity contribution in [3.63, 3.8) is 0 Å². The maximum Gasteiger partial charge on any atom is 0.404 e. The SMILES string of the molecule is CN(C)Cc1cncc(-c2ccc(-c3cnc(C4CCC(OC(N)=O)CC4)s3)c(S(=O)(=O)NC(C)(C)C)c2)c1. The Balaban J connectivity index is 1.69. The van der Waals surface area contributed by atoms with Crippen molar-refractivity contribution >= 4 is 27.5 Å². The van der Waals surface area contributed by atoms with Crippen molar-refractivity contribution in [3.05, 3.63) is 53.4 Å². The van der Waals surface area contributed by atoms with E-state index < -0.39 is 21.7 Å². The molecule has 11 heteroatoms. The summed E-state index contributed by atoms with van der Waals surface area (Å²) >= 11 is 1.51. The topological polar surface area (TPSA) is 128 Å². The number of nitrogens with one attached hydrogen (secondary N) is 1. The molecule has 4 rings (SSSR count). The highest BCUT2D eigenvalue weighted by Crippen LogP contribution is 2.40. The van der Waals surface area contributed by atoms with E-state index in [0.29, 0.717) is 5.56 Å². The number of carbonyl (C=O) groups excluding carboxylic acids is 1. The number of hydrogen-bond donors (Lipinski definition) is 2. The number of thiazole rings is 1. The predicted octanol–water partition coefficient (Wildman–Crippen LogP) is 5.13. The Morgan fingerprint density at radius 1 is 1.10 bits per heavy atom. The van der Waals surface area contributed by atoms with Crippen LogP contribution in [0.15, 0.2) is 47.8 Å². The molecule has 1 aliphatic carbocycles. The summed E-state index contributed by atoms with van der Waals surface area (Å²) in [5.74, 6) is 0.231. The third-order valence-electron chi connectivity index (χ3n) is 6.43. The van der Waals surface area contributed by atoms with E-state index in [-0.39, 0.29) is 16.9 Å². The molecule has 3 aromatic rings. The van der Waals surface area contributed by atoms with E-state index in [0.717, 1.165) is 58.8 Å². The molecule has 3 N–H and O–H groups in total. The Labute approximate surface area is 234 Å². The standard InChI is InChI=1S/C28H37N5O4S2/c1-28(2,3)32-39(35,36)25-13-20(21-12-18(14-30-15-21)17-33(4)5)8-11-23(25)24-16-31-26(38-24)19-6-9-22(10-7-19)37-27(29)34/h8,11-16,19,22,32H,6-7,9-10,17H2,1-5H3,(H2,29,34). The lowest BCUT2D eigenvalue weighted by molar-refractivity contribution is 0.0787. The van der Waals surface area contributed by atoms with Crippen molar-refractivity contribution in [2.75, 3.05) is 14.1 Å². The molecule has 1 fully saturated rings. The van der Waals surface area contributed by atoms with E-state index in [2.05, 4.69) is 19.6 Å². The van der Waals surface area contributed by atoms with Crippen molar-refractivity contribution < 1.29 is 17.9 Å². The van der Waals surface area contributed by atoms with Crippen LogP contribution >= 0.6 is 11.3 Å². The lowest BCUT2D eigenvalue weighted by Crippen LogP contribution is -2.40. The van der Waals surface area contributed by atoms with Gasteiger partial charge in [-0.2, -0.15) is 0 Å². The number of rotatable bonds is 8. The average Bonchev–Trinajstić information content (AvgIpc) is 3.32. The van der Waals surface area contributed by atoms with Gasteiger partial charge in [0.25, 0.3) is 0 Å². The normalized spacial score (nSPS) is 18.3. The first-order chi connectivity index (χ1) is 18.3. The molecule has 0 unspecified atom stereocenters. The van der Waals surface area contributed by atoms with Crippen molar-refractivity contribution in [1.29, 1.82) is 0 Å². The fraction of sp³-hybridized carbons (Fsp3) is 0.464. The van der Waals surface area contributed by atoms with E-state index in [9.17, 15) is 13.2 Å². The predicted molar refractivity (Wildman–Crippen MR) is 154 cm³/mol. The van der Waals surface area contributed by atoms with Gasteiger partial charge in [0.05, 0.1) is 14.8 Å². The zero-order valence-electron chi connectivity index (χ0n) is 23.1. The minimum absolute atomic E-state index is 0.156. The maximum absolute atomic E-state index is 13.7. The van der Waals surface area contributed by atoms with E-state index in [1.807, 2.05) is 59.3 Å². The number of aromatic nitrogens is 2. The number of nitrogens with zero attached hydrogens (tertiary/aromatic N) is 3. The molecule has 9 nitrogen and oxygen atoms in total. The van der Waals surface area contributed by atoms with Gasteiger partial charge in [0.2, 0.25) is 10.0 Å². The van der Waals surface area contributed by atoms with Crippen LogP contribution in [0.4, 0.5) is 4.79 Å².